The molecule has 31 heavy (non-hydrogen) atoms. The van der Waals surface area contributed by atoms with E-state index >= 15 is 0 Å². The van der Waals surface area contributed by atoms with Gasteiger partial charge in [0.25, 0.3) is 5.91 Å². The van der Waals surface area contributed by atoms with E-state index in [0.717, 1.165) is 12.0 Å². The molecule has 2 atom stereocenters. The van der Waals surface area contributed by atoms with E-state index in [4.69, 9.17) is 11.6 Å². The van der Waals surface area contributed by atoms with Crippen molar-refractivity contribution < 1.29 is 14.0 Å². The van der Waals surface area contributed by atoms with E-state index in [1.165, 1.54) is 18.2 Å². The van der Waals surface area contributed by atoms with Crippen molar-refractivity contribution in [1.29, 1.82) is 0 Å². The number of anilines is 1. The maximum atomic E-state index is 13.9. The van der Waals surface area contributed by atoms with Crippen LogP contribution in [0.15, 0.2) is 66.7 Å². The lowest BCUT2D eigenvalue weighted by Crippen LogP contribution is -2.47. The molecular formula is C24H19ClFN3O2. The number of hydrogen-bond donors (Lipinski definition) is 2. The molecule has 2 unspecified atom stereocenters. The number of urea groups is 1. The summed E-state index contributed by atoms with van der Waals surface area (Å²) in [4.78, 5) is 27.4. The molecule has 5 nitrogen and oxygen atoms in total. The molecule has 3 amide bonds. The first-order valence-corrected chi connectivity index (χ1v) is 10.4. The van der Waals surface area contributed by atoms with Crippen molar-refractivity contribution in [3.8, 4) is 0 Å². The minimum Gasteiger partial charge on any atom is -0.341 e. The third-order valence-electron chi connectivity index (χ3n) is 5.89. The van der Waals surface area contributed by atoms with Gasteiger partial charge in [-0.05, 0) is 42.3 Å². The van der Waals surface area contributed by atoms with E-state index in [0.29, 0.717) is 33.9 Å². The van der Waals surface area contributed by atoms with E-state index < -0.39 is 11.9 Å². The average molecular weight is 436 g/mol. The van der Waals surface area contributed by atoms with Crippen molar-refractivity contribution in [3.05, 3.63) is 99.8 Å². The summed E-state index contributed by atoms with van der Waals surface area (Å²) in [7, 11) is 0. The smallest absolute Gasteiger partial charge is 0.322 e. The lowest BCUT2D eigenvalue weighted by Gasteiger charge is -2.41. The molecule has 156 valence electrons. The summed E-state index contributed by atoms with van der Waals surface area (Å²) in [6, 6.07) is 18.2. The van der Waals surface area contributed by atoms with Gasteiger partial charge in [0.2, 0.25) is 0 Å². The number of amides is 3. The number of fused-ring (bicyclic) bond motifs is 1. The number of benzene rings is 3. The molecule has 0 bridgehead atoms. The predicted molar refractivity (Wildman–Crippen MR) is 117 cm³/mol. The third-order valence-corrected chi connectivity index (χ3v) is 6.23. The van der Waals surface area contributed by atoms with Gasteiger partial charge in [-0.1, -0.05) is 48.0 Å². The van der Waals surface area contributed by atoms with Gasteiger partial charge in [0.15, 0.2) is 0 Å². The summed E-state index contributed by atoms with van der Waals surface area (Å²) < 4.78 is 13.9. The monoisotopic (exact) mass is 435 g/mol. The zero-order valence-electron chi connectivity index (χ0n) is 16.4. The molecule has 1 saturated heterocycles. The molecule has 7 heteroatoms. The minimum atomic E-state index is -0.650. The Labute approximate surface area is 183 Å². The Kier molecular flexibility index (Phi) is 4.87. The number of carbonyl (C=O) groups excluding carboxylic acids is 2. The second-order valence-corrected chi connectivity index (χ2v) is 8.09. The first-order chi connectivity index (χ1) is 15.0. The van der Waals surface area contributed by atoms with Crippen molar-refractivity contribution in [2.75, 3.05) is 11.9 Å². The van der Waals surface area contributed by atoms with Gasteiger partial charge in [-0.2, -0.15) is 0 Å². The van der Waals surface area contributed by atoms with E-state index in [-0.39, 0.29) is 18.0 Å². The fraction of sp³-hybridized carbons (Fsp3) is 0.167. The number of rotatable bonds is 3. The van der Waals surface area contributed by atoms with Gasteiger partial charge in [0.1, 0.15) is 5.82 Å². The Balaban J connectivity index is 1.46. The van der Waals surface area contributed by atoms with Crippen molar-refractivity contribution in [1.82, 2.24) is 10.2 Å². The molecule has 0 saturated carbocycles. The summed E-state index contributed by atoms with van der Waals surface area (Å²) >= 11 is 6.30. The highest BCUT2D eigenvalue weighted by Gasteiger charge is 2.36. The van der Waals surface area contributed by atoms with Gasteiger partial charge < -0.3 is 15.5 Å². The molecule has 0 aromatic heterocycles. The molecule has 5 rings (SSSR count). The van der Waals surface area contributed by atoms with Gasteiger partial charge in [-0.3, -0.25) is 4.79 Å². The first-order valence-electron chi connectivity index (χ1n) is 10.0. The molecule has 2 heterocycles. The molecule has 3 aromatic carbocycles. The zero-order chi connectivity index (χ0) is 21.5. The molecule has 0 spiro atoms. The SMILES string of the molecule is O=C1NC(c2cc(F)ccc2Cl)c2c(NC(=O)N3CCC3c3ccccc3)cccc21. The Morgan fingerprint density at radius 1 is 1.10 bits per heavy atom. The average Bonchev–Trinajstić information content (AvgIpc) is 3.07. The van der Waals surface area contributed by atoms with Crippen LogP contribution in [0.3, 0.4) is 0 Å². The maximum Gasteiger partial charge on any atom is 0.322 e. The summed E-state index contributed by atoms with van der Waals surface area (Å²) in [5.74, 6) is -0.738. The summed E-state index contributed by atoms with van der Waals surface area (Å²) in [6.07, 6.45) is 0.895. The lowest BCUT2D eigenvalue weighted by molar-refractivity contribution is 0.0960. The van der Waals surface area contributed by atoms with Gasteiger partial charge in [0.05, 0.1) is 12.1 Å². The van der Waals surface area contributed by atoms with E-state index in [2.05, 4.69) is 10.6 Å². The molecule has 0 aliphatic carbocycles. The van der Waals surface area contributed by atoms with Crippen molar-refractivity contribution in [2.45, 2.75) is 18.5 Å². The standard InChI is InChI=1S/C24H19ClFN3O2/c25-18-10-9-15(26)13-17(18)22-21-16(23(30)28-22)7-4-8-19(21)27-24(31)29-12-11-20(29)14-5-2-1-3-6-14/h1-10,13,20,22H,11-12H2,(H,27,31)(H,28,30). The van der Waals surface area contributed by atoms with Crippen LogP contribution in [0.1, 0.15) is 45.6 Å². The summed E-state index contributed by atoms with van der Waals surface area (Å²) in [5, 5.41) is 6.15. The highest BCUT2D eigenvalue weighted by Crippen LogP contribution is 2.40. The Morgan fingerprint density at radius 2 is 1.90 bits per heavy atom. The summed E-state index contributed by atoms with van der Waals surface area (Å²) in [6.45, 7) is 0.650. The van der Waals surface area contributed by atoms with E-state index in [9.17, 15) is 14.0 Å². The van der Waals surface area contributed by atoms with Crippen LogP contribution in [0.25, 0.3) is 0 Å². The number of nitrogens with one attached hydrogen (secondary N) is 2. The van der Waals surface area contributed by atoms with Crippen LogP contribution in [0, 0.1) is 5.82 Å². The lowest BCUT2D eigenvalue weighted by atomic mass is 9.95. The Bertz CT molecular complexity index is 1180. The fourth-order valence-corrected chi connectivity index (χ4v) is 4.50. The van der Waals surface area contributed by atoms with Crippen LogP contribution in [0.4, 0.5) is 14.9 Å². The normalized spacial score (nSPS) is 19.4. The van der Waals surface area contributed by atoms with Crippen LogP contribution in [-0.4, -0.2) is 23.4 Å². The van der Waals surface area contributed by atoms with Crippen LogP contribution in [0.5, 0.6) is 0 Å². The van der Waals surface area contributed by atoms with Crippen molar-refractivity contribution in [3.63, 3.8) is 0 Å². The van der Waals surface area contributed by atoms with Gasteiger partial charge in [0, 0.05) is 33.9 Å². The van der Waals surface area contributed by atoms with E-state index in [1.807, 2.05) is 30.3 Å². The Hall–Kier alpha value is -3.38. The molecule has 3 aromatic rings. The number of likely N-dealkylation sites (tertiary alicyclic amines) is 1. The summed E-state index contributed by atoms with van der Waals surface area (Å²) in [5.41, 5.74) is 3.06. The molecule has 1 fully saturated rings. The number of hydrogen-bond acceptors (Lipinski definition) is 2. The highest BCUT2D eigenvalue weighted by atomic mass is 35.5. The quantitative estimate of drug-likeness (QED) is 0.587. The molecule has 2 aliphatic rings. The topological polar surface area (TPSA) is 61.4 Å². The molecule has 0 radical (unpaired) electrons. The van der Waals surface area contributed by atoms with Gasteiger partial charge >= 0.3 is 6.03 Å². The maximum absolute atomic E-state index is 13.9. The largest absolute Gasteiger partial charge is 0.341 e. The fourth-order valence-electron chi connectivity index (χ4n) is 4.27. The number of halogens is 2. The molecule has 2 N–H and O–H groups in total. The first kappa shape index (κ1) is 19.6. The van der Waals surface area contributed by atoms with Crippen molar-refractivity contribution in [2.24, 2.45) is 0 Å². The highest BCUT2D eigenvalue weighted by molar-refractivity contribution is 6.31. The van der Waals surface area contributed by atoms with Crippen molar-refractivity contribution >= 4 is 29.2 Å². The van der Waals surface area contributed by atoms with Crippen LogP contribution < -0.4 is 10.6 Å². The second kappa shape index (κ2) is 7.71. The predicted octanol–water partition coefficient (Wildman–Crippen LogP) is 5.29. The van der Waals surface area contributed by atoms with Crippen LogP contribution in [-0.2, 0) is 0 Å². The Morgan fingerprint density at radius 3 is 2.65 bits per heavy atom. The minimum absolute atomic E-state index is 0.0196. The van der Waals surface area contributed by atoms with Gasteiger partial charge in [-0.25, -0.2) is 9.18 Å². The molecule has 2 aliphatic heterocycles. The molecular weight excluding hydrogens is 417 g/mol. The third kappa shape index (κ3) is 3.43. The van der Waals surface area contributed by atoms with Crippen LogP contribution >= 0.6 is 11.6 Å². The number of carbonyl (C=O) groups is 2. The van der Waals surface area contributed by atoms with Gasteiger partial charge in [-0.15, -0.1) is 0 Å². The number of nitrogens with zero attached hydrogens (tertiary/aromatic N) is 1. The second-order valence-electron chi connectivity index (χ2n) is 7.68. The zero-order valence-corrected chi connectivity index (χ0v) is 17.2. The van der Waals surface area contributed by atoms with Crippen LogP contribution in [0.2, 0.25) is 5.02 Å². The van der Waals surface area contributed by atoms with E-state index in [1.54, 1.807) is 23.1 Å².